The van der Waals surface area contributed by atoms with E-state index in [2.05, 4.69) is 5.32 Å². The van der Waals surface area contributed by atoms with Crippen LogP contribution in [0.3, 0.4) is 0 Å². The number of carbonyl (C=O) groups excluding carboxylic acids is 5. The SMILES string of the molecule is CNC(=O)[C@H]1CCCC[C@H]1C(=O)N1CCc2cccc(O[C@H]3CCN(C(C)=O)C3)c2[C@H]1CN1C(=O)c2ccccc2C1=O. The molecular formula is C33H38N4O6. The van der Waals surface area contributed by atoms with Crippen LogP contribution in [-0.2, 0) is 20.8 Å². The molecule has 0 aromatic heterocycles. The second-order valence-electron chi connectivity index (χ2n) is 12.0. The minimum absolute atomic E-state index is 0.000356. The van der Waals surface area contributed by atoms with Crippen LogP contribution in [0, 0.1) is 11.8 Å². The van der Waals surface area contributed by atoms with Crippen LogP contribution in [0.4, 0.5) is 0 Å². The van der Waals surface area contributed by atoms with E-state index in [1.165, 1.54) is 4.90 Å². The van der Waals surface area contributed by atoms with Crippen molar-refractivity contribution in [3.8, 4) is 5.75 Å². The molecule has 226 valence electrons. The fourth-order valence-electron chi connectivity index (χ4n) is 7.30. The second-order valence-corrected chi connectivity index (χ2v) is 12.0. The predicted octanol–water partition coefficient (Wildman–Crippen LogP) is 2.96. The Balaban J connectivity index is 1.37. The van der Waals surface area contributed by atoms with E-state index in [0.29, 0.717) is 62.2 Å². The molecule has 0 unspecified atom stereocenters. The molecule has 2 aromatic rings. The van der Waals surface area contributed by atoms with Gasteiger partial charge >= 0.3 is 0 Å². The Hall–Kier alpha value is -4.21. The first kappa shape index (κ1) is 28.9. The maximum atomic E-state index is 14.4. The highest BCUT2D eigenvalue weighted by Crippen LogP contribution is 2.42. The molecule has 3 aliphatic heterocycles. The Morgan fingerprint density at radius 3 is 2.26 bits per heavy atom. The van der Waals surface area contributed by atoms with E-state index in [-0.39, 0.29) is 42.2 Å². The van der Waals surface area contributed by atoms with E-state index in [0.717, 1.165) is 24.0 Å². The largest absolute Gasteiger partial charge is 0.488 e. The molecule has 0 spiro atoms. The molecule has 0 bridgehead atoms. The summed E-state index contributed by atoms with van der Waals surface area (Å²) in [6.07, 6.45) is 4.06. The summed E-state index contributed by atoms with van der Waals surface area (Å²) in [6, 6.07) is 11.9. The van der Waals surface area contributed by atoms with Gasteiger partial charge in [0.15, 0.2) is 0 Å². The molecular weight excluding hydrogens is 548 g/mol. The van der Waals surface area contributed by atoms with Crippen molar-refractivity contribution in [1.82, 2.24) is 20.0 Å². The minimum Gasteiger partial charge on any atom is -0.488 e. The van der Waals surface area contributed by atoms with Crippen molar-refractivity contribution < 1.29 is 28.7 Å². The van der Waals surface area contributed by atoms with Gasteiger partial charge in [-0.2, -0.15) is 0 Å². The van der Waals surface area contributed by atoms with E-state index >= 15 is 0 Å². The van der Waals surface area contributed by atoms with Crippen LogP contribution < -0.4 is 10.1 Å². The van der Waals surface area contributed by atoms with Gasteiger partial charge in [0.1, 0.15) is 11.9 Å². The fourth-order valence-corrected chi connectivity index (χ4v) is 7.30. The number of likely N-dealkylation sites (tertiary alicyclic amines) is 1. The molecule has 2 fully saturated rings. The van der Waals surface area contributed by atoms with E-state index in [1.807, 2.05) is 18.2 Å². The summed E-state index contributed by atoms with van der Waals surface area (Å²) in [4.78, 5) is 71.0. The standard InChI is InChI=1S/C33H38N4O6/c1-20(38)35-16-15-22(18-35)43-28-13-7-8-21-14-17-36(31(40)24-10-4-3-9-23(24)30(39)34-2)27(29(21)28)19-37-32(41)25-11-5-6-12-26(25)33(37)42/h5-8,11-13,22-24,27H,3-4,9-10,14-19H2,1-2H3,(H,34,39)/t22-,23-,24+,27+/m0/s1. The summed E-state index contributed by atoms with van der Waals surface area (Å²) in [6.45, 7) is 3.02. The number of fused-ring (bicyclic) bond motifs is 2. The van der Waals surface area contributed by atoms with Crippen LogP contribution in [-0.4, -0.2) is 83.6 Å². The minimum atomic E-state index is -0.646. The summed E-state index contributed by atoms with van der Waals surface area (Å²) < 4.78 is 6.53. The zero-order valence-electron chi connectivity index (χ0n) is 24.7. The van der Waals surface area contributed by atoms with Gasteiger partial charge in [0.2, 0.25) is 17.7 Å². The molecule has 1 N–H and O–H groups in total. The molecule has 5 amide bonds. The van der Waals surface area contributed by atoms with Crippen molar-refractivity contribution in [1.29, 1.82) is 0 Å². The number of benzene rings is 2. The van der Waals surface area contributed by atoms with E-state index in [4.69, 9.17) is 4.74 Å². The average molecular weight is 587 g/mol. The highest BCUT2D eigenvalue weighted by atomic mass is 16.5. The summed E-state index contributed by atoms with van der Waals surface area (Å²) in [5.41, 5.74) is 2.49. The zero-order valence-corrected chi connectivity index (χ0v) is 24.7. The topological polar surface area (TPSA) is 116 Å². The third-order valence-corrected chi connectivity index (χ3v) is 9.55. The van der Waals surface area contributed by atoms with Gasteiger partial charge in [-0.05, 0) is 43.0 Å². The molecule has 3 heterocycles. The van der Waals surface area contributed by atoms with Crippen molar-refractivity contribution in [3.05, 3.63) is 64.7 Å². The smallest absolute Gasteiger partial charge is 0.261 e. The van der Waals surface area contributed by atoms with Crippen LogP contribution in [0.5, 0.6) is 5.75 Å². The number of amides is 5. The molecule has 2 aromatic carbocycles. The van der Waals surface area contributed by atoms with Crippen LogP contribution in [0.2, 0.25) is 0 Å². The third-order valence-electron chi connectivity index (χ3n) is 9.55. The lowest BCUT2D eigenvalue weighted by Crippen LogP contribution is -2.51. The number of ether oxygens (including phenoxy) is 1. The molecule has 4 atom stereocenters. The van der Waals surface area contributed by atoms with Gasteiger partial charge in [-0.3, -0.25) is 28.9 Å². The summed E-state index contributed by atoms with van der Waals surface area (Å²) in [5.74, 6) is -1.33. The van der Waals surface area contributed by atoms with Gasteiger partial charge in [0.25, 0.3) is 11.8 Å². The van der Waals surface area contributed by atoms with Gasteiger partial charge in [0.05, 0.1) is 30.3 Å². The summed E-state index contributed by atoms with van der Waals surface area (Å²) >= 11 is 0. The molecule has 6 rings (SSSR count). The number of hydrogen-bond donors (Lipinski definition) is 1. The van der Waals surface area contributed by atoms with E-state index < -0.39 is 17.9 Å². The highest BCUT2D eigenvalue weighted by Gasteiger charge is 2.45. The first-order valence-corrected chi connectivity index (χ1v) is 15.3. The van der Waals surface area contributed by atoms with Gasteiger partial charge in [-0.15, -0.1) is 0 Å². The van der Waals surface area contributed by atoms with Crippen molar-refractivity contribution in [2.75, 3.05) is 33.2 Å². The second kappa shape index (κ2) is 11.8. The quantitative estimate of drug-likeness (QED) is 0.521. The number of hydrogen-bond acceptors (Lipinski definition) is 6. The predicted molar refractivity (Wildman–Crippen MR) is 157 cm³/mol. The lowest BCUT2D eigenvalue weighted by atomic mass is 9.77. The van der Waals surface area contributed by atoms with Gasteiger partial charge in [-0.25, -0.2) is 0 Å². The Morgan fingerprint density at radius 1 is 0.907 bits per heavy atom. The Labute approximate surface area is 251 Å². The number of carbonyl (C=O) groups is 5. The van der Waals surface area contributed by atoms with Gasteiger partial charge in [-0.1, -0.05) is 37.1 Å². The molecule has 1 saturated carbocycles. The van der Waals surface area contributed by atoms with Crippen LogP contribution in [0.1, 0.15) is 76.9 Å². The monoisotopic (exact) mass is 586 g/mol. The number of rotatable bonds is 6. The first-order chi connectivity index (χ1) is 20.8. The van der Waals surface area contributed by atoms with Crippen molar-refractivity contribution in [2.45, 2.75) is 57.6 Å². The maximum Gasteiger partial charge on any atom is 0.261 e. The van der Waals surface area contributed by atoms with Crippen LogP contribution in [0.15, 0.2) is 42.5 Å². The number of imide groups is 1. The normalized spacial score (nSPS) is 24.9. The number of nitrogens with zero attached hydrogens (tertiary/aromatic N) is 3. The van der Waals surface area contributed by atoms with Crippen LogP contribution >= 0.6 is 0 Å². The van der Waals surface area contributed by atoms with Crippen molar-refractivity contribution >= 4 is 29.5 Å². The average Bonchev–Trinajstić information content (AvgIpc) is 3.59. The molecule has 10 heteroatoms. The molecule has 1 aliphatic carbocycles. The van der Waals surface area contributed by atoms with Crippen LogP contribution in [0.25, 0.3) is 0 Å². The molecule has 0 radical (unpaired) electrons. The first-order valence-electron chi connectivity index (χ1n) is 15.3. The Kier molecular flexibility index (Phi) is 7.94. The highest BCUT2D eigenvalue weighted by molar-refractivity contribution is 6.21. The van der Waals surface area contributed by atoms with Crippen molar-refractivity contribution in [2.24, 2.45) is 11.8 Å². The molecule has 43 heavy (non-hydrogen) atoms. The maximum absolute atomic E-state index is 14.4. The molecule has 4 aliphatic rings. The lowest BCUT2D eigenvalue weighted by Gasteiger charge is -2.43. The van der Waals surface area contributed by atoms with E-state index in [9.17, 15) is 24.0 Å². The van der Waals surface area contributed by atoms with Crippen molar-refractivity contribution in [3.63, 3.8) is 0 Å². The zero-order chi connectivity index (χ0) is 30.2. The fraction of sp³-hybridized carbons (Fsp3) is 0.485. The van der Waals surface area contributed by atoms with Gasteiger partial charge in [0, 0.05) is 50.9 Å². The molecule has 1 saturated heterocycles. The Morgan fingerprint density at radius 2 is 1.60 bits per heavy atom. The lowest BCUT2D eigenvalue weighted by molar-refractivity contribution is -0.146. The van der Waals surface area contributed by atoms with Gasteiger partial charge < -0.3 is 19.9 Å². The summed E-state index contributed by atoms with van der Waals surface area (Å²) in [5, 5.41) is 2.74. The number of nitrogens with one attached hydrogen (secondary N) is 1. The summed E-state index contributed by atoms with van der Waals surface area (Å²) in [7, 11) is 1.60. The third kappa shape index (κ3) is 5.28. The Bertz CT molecular complexity index is 1440. The van der Waals surface area contributed by atoms with E-state index in [1.54, 1.807) is 48.0 Å². The molecule has 10 nitrogen and oxygen atoms in total.